The number of rotatable bonds is 5. The van der Waals surface area contributed by atoms with Crippen molar-refractivity contribution in [3.8, 4) is 0 Å². The van der Waals surface area contributed by atoms with Gasteiger partial charge in [-0.3, -0.25) is 10.2 Å². The summed E-state index contributed by atoms with van der Waals surface area (Å²) in [5, 5.41) is 1.02. The molecular formula is C15H19F3N2O. The molecule has 116 valence electrons. The Labute approximate surface area is 122 Å². The van der Waals surface area contributed by atoms with Gasteiger partial charge < -0.3 is 0 Å². The van der Waals surface area contributed by atoms with E-state index in [1.807, 2.05) is 31.2 Å². The Kier molecular flexibility index (Phi) is 4.88. The second-order valence-corrected chi connectivity index (χ2v) is 5.20. The summed E-state index contributed by atoms with van der Waals surface area (Å²) in [6, 6.07) is 5.91. The summed E-state index contributed by atoms with van der Waals surface area (Å²) in [4.78, 5) is 11.1. The SMILES string of the molecule is CCc1ccccc1CCC(N1CCC(=O)N1)C(F)(F)F. The number of carbonyl (C=O) groups excluding carboxylic acids is 1. The highest BCUT2D eigenvalue weighted by Crippen LogP contribution is 2.29. The van der Waals surface area contributed by atoms with Gasteiger partial charge in [-0.05, 0) is 30.4 Å². The van der Waals surface area contributed by atoms with Crippen LogP contribution in [0.4, 0.5) is 13.2 Å². The number of nitrogens with zero attached hydrogens (tertiary/aromatic N) is 1. The Morgan fingerprint density at radius 3 is 2.48 bits per heavy atom. The first-order valence-electron chi connectivity index (χ1n) is 7.11. The van der Waals surface area contributed by atoms with E-state index in [9.17, 15) is 18.0 Å². The number of alkyl halides is 3. The van der Waals surface area contributed by atoms with Crippen molar-refractivity contribution in [3.05, 3.63) is 35.4 Å². The molecule has 0 saturated carbocycles. The molecule has 1 saturated heterocycles. The quantitative estimate of drug-likeness (QED) is 0.907. The van der Waals surface area contributed by atoms with Gasteiger partial charge in [-0.1, -0.05) is 31.2 Å². The summed E-state index contributed by atoms with van der Waals surface area (Å²) in [5.41, 5.74) is 4.32. The second-order valence-electron chi connectivity index (χ2n) is 5.20. The maximum atomic E-state index is 13.2. The molecule has 0 radical (unpaired) electrons. The molecule has 1 amide bonds. The van der Waals surface area contributed by atoms with Crippen molar-refractivity contribution >= 4 is 5.91 Å². The Hall–Kier alpha value is -1.56. The lowest BCUT2D eigenvalue weighted by Crippen LogP contribution is -2.50. The van der Waals surface area contributed by atoms with Gasteiger partial charge in [0.25, 0.3) is 0 Å². The maximum absolute atomic E-state index is 13.2. The zero-order valence-electron chi connectivity index (χ0n) is 11.9. The van der Waals surface area contributed by atoms with Gasteiger partial charge in [-0.25, -0.2) is 5.01 Å². The molecule has 6 heteroatoms. The van der Waals surface area contributed by atoms with Crippen molar-refractivity contribution in [3.63, 3.8) is 0 Å². The van der Waals surface area contributed by atoms with Gasteiger partial charge in [0.05, 0.1) is 0 Å². The van der Waals surface area contributed by atoms with Crippen molar-refractivity contribution in [1.29, 1.82) is 0 Å². The summed E-state index contributed by atoms with van der Waals surface area (Å²) in [7, 11) is 0. The summed E-state index contributed by atoms with van der Waals surface area (Å²) >= 11 is 0. The summed E-state index contributed by atoms with van der Waals surface area (Å²) < 4.78 is 39.6. The number of amides is 1. The Morgan fingerprint density at radius 2 is 1.95 bits per heavy atom. The molecule has 0 bridgehead atoms. The smallest absolute Gasteiger partial charge is 0.288 e. The lowest BCUT2D eigenvalue weighted by Gasteiger charge is -2.29. The third kappa shape index (κ3) is 3.97. The van der Waals surface area contributed by atoms with E-state index in [-0.39, 0.29) is 25.3 Å². The van der Waals surface area contributed by atoms with Gasteiger partial charge in [0, 0.05) is 13.0 Å². The van der Waals surface area contributed by atoms with E-state index in [4.69, 9.17) is 0 Å². The molecule has 0 aliphatic carbocycles. The standard InChI is InChI=1S/C15H19F3N2O/c1-2-11-5-3-4-6-12(11)7-8-13(15(16,17)18)20-10-9-14(21)19-20/h3-6,13H,2,7-10H2,1H3,(H,19,21). The van der Waals surface area contributed by atoms with E-state index < -0.39 is 12.2 Å². The molecule has 1 aromatic rings. The summed E-state index contributed by atoms with van der Waals surface area (Å²) in [5.74, 6) is -0.349. The highest BCUT2D eigenvalue weighted by Gasteiger charge is 2.45. The molecule has 0 spiro atoms. The lowest BCUT2D eigenvalue weighted by molar-refractivity contribution is -0.189. The molecule has 1 unspecified atom stereocenters. The van der Waals surface area contributed by atoms with Gasteiger partial charge >= 0.3 is 6.18 Å². The van der Waals surface area contributed by atoms with Crippen LogP contribution < -0.4 is 5.43 Å². The molecule has 1 N–H and O–H groups in total. The van der Waals surface area contributed by atoms with Crippen molar-refractivity contribution in [1.82, 2.24) is 10.4 Å². The minimum atomic E-state index is -4.35. The van der Waals surface area contributed by atoms with Crippen molar-refractivity contribution in [2.24, 2.45) is 0 Å². The number of halogens is 3. The van der Waals surface area contributed by atoms with Crippen LogP contribution in [0, 0.1) is 0 Å². The number of nitrogens with one attached hydrogen (secondary N) is 1. The fraction of sp³-hybridized carbons (Fsp3) is 0.533. The number of hydrogen-bond donors (Lipinski definition) is 1. The van der Waals surface area contributed by atoms with Gasteiger partial charge in [0.15, 0.2) is 0 Å². The van der Waals surface area contributed by atoms with Gasteiger partial charge in [0.2, 0.25) is 5.91 Å². The average Bonchev–Trinajstić information content (AvgIpc) is 2.84. The highest BCUT2D eigenvalue weighted by atomic mass is 19.4. The molecule has 1 heterocycles. The monoisotopic (exact) mass is 300 g/mol. The Bertz CT molecular complexity index is 502. The Balaban J connectivity index is 2.07. The average molecular weight is 300 g/mol. The van der Waals surface area contributed by atoms with E-state index in [1.165, 1.54) is 0 Å². The maximum Gasteiger partial charge on any atom is 0.405 e. The lowest BCUT2D eigenvalue weighted by atomic mass is 9.98. The molecule has 1 aliphatic heterocycles. The van der Waals surface area contributed by atoms with Crippen LogP contribution in [0.25, 0.3) is 0 Å². The molecule has 2 rings (SSSR count). The van der Waals surface area contributed by atoms with E-state index >= 15 is 0 Å². The number of aryl methyl sites for hydroxylation is 2. The first-order chi connectivity index (χ1) is 9.91. The van der Waals surface area contributed by atoms with Gasteiger partial charge in [0.1, 0.15) is 6.04 Å². The van der Waals surface area contributed by atoms with Gasteiger partial charge in [-0.2, -0.15) is 13.2 Å². The zero-order chi connectivity index (χ0) is 15.5. The number of benzene rings is 1. The van der Waals surface area contributed by atoms with Crippen molar-refractivity contribution in [2.45, 2.75) is 44.8 Å². The van der Waals surface area contributed by atoms with Crippen LogP contribution in [-0.2, 0) is 17.6 Å². The first-order valence-corrected chi connectivity index (χ1v) is 7.11. The largest absolute Gasteiger partial charge is 0.405 e. The molecule has 21 heavy (non-hydrogen) atoms. The topological polar surface area (TPSA) is 32.3 Å². The van der Waals surface area contributed by atoms with Crippen LogP contribution in [-0.4, -0.2) is 29.7 Å². The fourth-order valence-electron chi connectivity index (χ4n) is 2.66. The molecule has 1 aromatic carbocycles. The fourth-order valence-corrected chi connectivity index (χ4v) is 2.66. The number of hydrazine groups is 1. The molecule has 1 atom stereocenters. The van der Waals surface area contributed by atoms with Crippen LogP contribution in [0.1, 0.15) is 30.9 Å². The van der Waals surface area contributed by atoms with Crippen LogP contribution >= 0.6 is 0 Å². The zero-order valence-corrected chi connectivity index (χ0v) is 11.9. The van der Waals surface area contributed by atoms with Crippen LogP contribution in [0.3, 0.4) is 0 Å². The molecular weight excluding hydrogens is 281 g/mol. The minimum Gasteiger partial charge on any atom is -0.288 e. The van der Waals surface area contributed by atoms with E-state index in [2.05, 4.69) is 5.43 Å². The number of carbonyl (C=O) groups is 1. The van der Waals surface area contributed by atoms with Crippen LogP contribution in [0.15, 0.2) is 24.3 Å². The second kappa shape index (κ2) is 6.47. The number of hydrogen-bond acceptors (Lipinski definition) is 2. The molecule has 1 aliphatic rings. The van der Waals surface area contributed by atoms with Crippen molar-refractivity contribution in [2.75, 3.05) is 6.54 Å². The third-order valence-electron chi connectivity index (χ3n) is 3.79. The molecule has 1 fully saturated rings. The van der Waals surface area contributed by atoms with Crippen LogP contribution in [0.2, 0.25) is 0 Å². The molecule has 3 nitrogen and oxygen atoms in total. The third-order valence-corrected chi connectivity index (χ3v) is 3.79. The van der Waals surface area contributed by atoms with Crippen LogP contribution in [0.5, 0.6) is 0 Å². The predicted molar refractivity (Wildman–Crippen MR) is 73.4 cm³/mol. The highest BCUT2D eigenvalue weighted by molar-refractivity contribution is 5.77. The predicted octanol–water partition coefficient (Wildman–Crippen LogP) is 2.85. The molecule has 0 aromatic heterocycles. The van der Waals surface area contributed by atoms with Crippen molar-refractivity contribution < 1.29 is 18.0 Å². The Morgan fingerprint density at radius 1 is 1.29 bits per heavy atom. The van der Waals surface area contributed by atoms with E-state index in [1.54, 1.807) is 0 Å². The van der Waals surface area contributed by atoms with E-state index in [0.717, 1.165) is 22.6 Å². The summed E-state index contributed by atoms with van der Waals surface area (Å²) in [6.07, 6.45) is -3.13. The van der Waals surface area contributed by atoms with E-state index in [0.29, 0.717) is 6.42 Å². The minimum absolute atomic E-state index is 0.0548. The first kappa shape index (κ1) is 15.8. The summed E-state index contributed by atoms with van der Waals surface area (Å²) in [6.45, 7) is 2.10. The normalized spacial score (nSPS) is 17.8. The van der Waals surface area contributed by atoms with Gasteiger partial charge in [-0.15, -0.1) is 0 Å².